The van der Waals surface area contributed by atoms with Gasteiger partial charge < -0.3 is 10.1 Å². The van der Waals surface area contributed by atoms with Gasteiger partial charge in [0.05, 0.1) is 17.8 Å². The number of benzene rings is 1. The summed E-state index contributed by atoms with van der Waals surface area (Å²) in [4.78, 5) is 11.6. The average Bonchev–Trinajstić information content (AvgIpc) is 2.19. The molecule has 0 atom stereocenters. The topological polar surface area (TPSA) is 38.3 Å². The molecule has 0 saturated heterocycles. The number of rotatable bonds is 1. The minimum absolute atomic E-state index is 0.111. The molecule has 4 heteroatoms. The van der Waals surface area contributed by atoms with Gasteiger partial charge in [-0.3, -0.25) is 4.79 Å². The molecular weight excluding hydrogens is 202 g/mol. The van der Waals surface area contributed by atoms with E-state index in [0.717, 1.165) is 5.69 Å². The smallest absolute Gasteiger partial charge is 0.166 e. The maximum absolute atomic E-state index is 11.6. The number of hydrogen-bond donors (Lipinski definition) is 1. The number of hydrogen-bond acceptors (Lipinski definition) is 3. The largest absolute Gasteiger partial charge is 0.497 e. The third-order valence-electron chi connectivity index (χ3n) is 2.25. The van der Waals surface area contributed by atoms with Crippen molar-refractivity contribution >= 4 is 23.1 Å². The molecule has 1 aromatic carbocycles. The van der Waals surface area contributed by atoms with Crippen LogP contribution in [0.5, 0.6) is 5.75 Å². The molecule has 1 heterocycles. The first-order chi connectivity index (χ1) is 6.72. The fraction of sp³-hybridized carbons (Fsp3) is 0.300. The summed E-state index contributed by atoms with van der Waals surface area (Å²) in [5, 5.41) is 3.64. The molecule has 0 saturated carbocycles. The molecule has 0 fully saturated rings. The maximum atomic E-state index is 11.6. The predicted molar refractivity (Wildman–Crippen MR) is 55.4 cm³/mol. The van der Waals surface area contributed by atoms with Crippen molar-refractivity contribution in [1.29, 1.82) is 0 Å². The second kappa shape index (κ2) is 3.50. The number of ether oxygens (including phenoxy) is 1. The highest BCUT2D eigenvalue weighted by atomic mass is 35.5. The normalized spacial score (nSPS) is 14.6. The van der Waals surface area contributed by atoms with E-state index in [1.54, 1.807) is 19.2 Å². The lowest BCUT2D eigenvalue weighted by Crippen LogP contribution is -2.18. The Labute approximate surface area is 87.0 Å². The summed E-state index contributed by atoms with van der Waals surface area (Å²) in [5.41, 5.74) is 1.35. The lowest BCUT2D eigenvalue weighted by atomic mass is 10.0. The number of fused-ring (bicyclic) bond motifs is 1. The van der Waals surface area contributed by atoms with Crippen molar-refractivity contribution < 1.29 is 9.53 Å². The number of halogens is 1. The first-order valence-corrected chi connectivity index (χ1v) is 4.75. The number of methoxy groups -OCH3 is 1. The molecule has 0 aromatic heterocycles. The molecule has 0 radical (unpaired) electrons. The van der Waals surface area contributed by atoms with Gasteiger partial charge in [0.2, 0.25) is 0 Å². The van der Waals surface area contributed by atoms with Crippen LogP contribution in [0.3, 0.4) is 0 Å². The van der Waals surface area contributed by atoms with E-state index in [-0.39, 0.29) is 5.78 Å². The molecule has 0 unspecified atom stereocenters. The fourth-order valence-corrected chi connectivity index (χ4v) is 1.81. The van der Waals surface area contributed by atoms with Crippen molar-refractivity contribution in [3.05, 3.63) is 22.7 Å². The SMILES string of the molecule is COc1cc(Cl)c2c(c1)C(=O)CCN2. The van der Waals surface area contributed by atoms with Gasteiger partial charge in [0, 0.05) is 24.6 Å². The molecule has 1 N–H and O–H groups in total. The second-order valence-corrected chi connectivity index (χ2v) is 3.54. The number of Topliss-reactive ketones (excluding diaryl/α,β-unsaturated/α-hetero) is 1. The number of carbonyl (C=O) groups excluding carboxylic acids is 1. The van der Waals surface area contributed by atoms with Crippen LogP contribution in [0.2, 0.25) is 5.02 Å². The van der Waals surface area contributed by atoms with Gasteiger partial charge >= 0.3 is 0 Å². The van der Waals surface area contributed by atoms with Crippen molar-refractivity contribution in [2.75, 3.05) is 19.0 Å². The van der Waals surface area contributed by atoms with Crippen molar-refractivity contribution in [2.45, 2.75) is 6.42 Å². The zero-order valence-electron chi connectivity index (χ0n) is 7.76. The van der Waals surface area contributed by atoms with E-state index in [0.29, 0.717) is 29.3 Å². The van der Waals surface area contributed by atoms with Gasteiger partial charge in [0.25, 0.3) is 0 Å². The Morgan fingerprint density at radius 3 is 3.00 bits per heavy atom. The van der Waals surface area contributed by atoms with Crippen molar-refractivity contribution in [3.63, 3.8) is 0 Å². The molecule has 0 amide bonds. The third-order valence-corrected chi connectivity index (χ3v) is 2.55. The van der Waals surface area contributed by atoms with Crippen LogP contribution in [0.15, 0.2) is 12.1 Å². The molecule has 0 aliphatic carbocycles. The zero-order chi connectivity index (χ0) is 10.1. The highest BCUT2D eigenvalue weighted by molar-refractivity contribution is 6.34. The molecule has 3 nitrogen and oxygen atoms in total. The van der Waals surface area contributed by atoms with E-state index in [1.165, 1.54) is 0 Å². The summed E-state index contributed by atoms with van der Waals surface area (Å²) in [6.07, 6.45) is 0.510. The molecule has 0 bridgehead atoms. The van der Waals surface area contributed by atoms with E-state index in [4.69, 9.17) is 16.3 Å². The van der Waals surface area contributed by atoms with Crippen molar-refractivity contribution in [3.8, 4) is 5.75 Å². The Bertz CT molecular complexity index is 390. The monoisotopic (exact) mass is 211 g/mol. The van der Waals surface area contributed by atoms with Crippen LogP contribution < -0.4 is 10.1 Å². The number of anilines is 1. The van der Waals surface area contributed by atoms with Crippen LogP contribution >= 0.6 is 11.6 Å². The summed E-state index contributed by atoms with van der Waals surface area (Å²) >= 11 is 6.00. The van der Waals surface area contributed by atoms with E-state index in [1.807, 2.05) is 0 Å². The summed E-state index contributed by atoms with van der Waals surface area (Å²) in [6.45, 7) is 0.651. The van der Waals surface area contributed by atoms with E-state index in [9.17, 15) is 4.79 Å². The van der Waals surface area contributed by atoms with Crippen molar-refractivity contribution in [1.82, 2.24) is 0 Å². The van der Waals surface area contributed by atoms with Crippen molar-refractivity contribution in [2.24, 2.45) is 0 Å². The maximum Gasteiger partial charge on any atom is 0.166 e. The third kappa shape index (κ3) is 1.44. The van der Waals surface area contributed by atoms with Crippen LogP contribution in [0.1, 0.15) is 16.8 Å². The zero-order valence-corrected chi connectivity index (χ0v) is 8.52. The van der Waals surface area contributed by atoms with Gasteiger partial charge in [0.15, 0.2) is 5.78 Å². The van der Waals surface area contributed by atoms with Gasteiger partial charge in [-0.1, -0.05) is 11.6 Å². The number of nitrogens with one attached hydrogen (secondary N) is 1. The highest BCUT2D eigenvalue weighted by Crippen LogP contribution is 2.33. The fourth-order valence-electron chi connectivity index (χ4n) is 1.53. The van der Waals surface area contributed by atoms with Crippen LogP contribution in [0, 0.1) is 0 Å². The van der Waals surface area contributed by atoms with E-state index < -0.39 is 0 Å². The minimum atomic E-state index is 0.111. The van der Waals surface area contributed by atoms with Gasteiger partial charge in [0.1, 0.15) is 5.75 Å². The summed E-state index contributed by atoms with van der Waals surface area (Å²) in [7, 11) is 1.55. The first-order valence-electron chi connectivity index (χ1n) is 4.37. The molecule has 1 aliphatic rings. The molecule has 2 rings (SSSR count). The molecule has 1 aromatic rings. The first kappa shape index (κ1) is 9.34. The van der Waals surface area contributed by atoms with Gasteiger partial charge in [-0.2, -0.15) is 0 Å². The number of ketones is 1. The lowest BCUT2D eigenvalue weighted by molar-refractivity contribution is 0.0983. The number of carbonyl (C=O) groups is 1. The van der Waals surface area contributed by atoms with E-state index >= 15 is 0 Å². The van der Waals surface area contributed by atoms with Crippen LogP contribution in [-0.2, 0) is 0 Å². The summed E-state index contributed by atoms with van der Waals surface area (Å²) in [5.74, 6) is 0.727. The lowest BCUT2D eigenvalue weighted by Gasteiger charge is -2.18. The Balaban J connectivity index is 2.57. The Morgan fingerprint density at radius 1 is 1.50 bits per heavy atom. The average molecular weight is 212 g/mol. The quantitative estimate of drug-likeness (QED) is 0.775. The highest BCUT2D eigenvalue weighted by Gasteiger charge is 2.20. The Kier molecular flexibility index (Phi) is 2.33. The van der Waals surface area contributed by atoms with E-state index in [2.05, 4.69) is 5.32 Å². The molecule has 14 heavy (non-hydrogen) atoms. The molecule has 1 aliphatic heterocycles. The molecular formula is C10H10ClNO2. The van der Waals surface area contributed by atoms with Crippen LogP contribution in [-0.4, -0.2) is 19.4 Å². The molecule has 74 valence electrons. The van der Waals surface area contributed by atoms with Gasteiger partial charge in [-0.05, 0) is 6.07 Å². The Morgan fingerprint density at radius 2 is 2.29 bits per heavy atom. The standard InChI is InChI=1S/C10H10ClNO2/c1-14-6-4-7-9(13)2-3-12-10(7)8(11)5-6/h4-5,12H,2-3H2,1H3. The Hall–Kier alpha value is -1.22. The summed E-state index contributed by atoms with van der Waals surface area (Å²) < 4.78 is 5.04. The van der Waals surface area contributed by atoms with Crippen LogP contribution in [0.25, 0.3) is 0 Å². The minimum Gasteiger partial charge on any atom is -0.497 e. The summed E-state index contributed by atoms with van der Waals surface area (Å²) in [6, 6.07) is 3.42. The van der Waals surface area contributed by atoms with Crippen LogP contribution in [0.4, 0.5) is 5.69 Å². The molecule has 0 spiro atoms. The van der Waals surface area contributed by atoms with Gasteiger partial charge in [-0.25, -0.2) is 0 Å². The van der Waals surface area contributed by atoms with Gasteiger partial charge in [-0.15, -0.1) is 0 Å². The second-order valence-electron chi connectivity index (χ2n) is 3.13. The predicted octanol–water partition coefficient (Wildman–Crippen LogP) is 2.35.